The van der Waals surface area contributed by atoms with E-state index in [9.17, 15) is 4.79 Å². The van der Waals surface area contributed by atoms with Gasteiger partial charge in [0, 0.05) is 0 Å². The third-order valence-corrected chi connectivity index (χ3v) is 2.24. The monoisotopic (exact) mass is 233 g/mol. The summed E-state index contributed by atoms with van der Waals surface area (Å²) in [5, 5.41) is 20.0. The molecule has 7 heteroatoms. The Morgan fingerprint density at radius 1 is 1.53 bits per heavy atom. The molecule has 1 heterocycles. The predicted molar refractivity (Wildman–Crippen MR) is 58.7 cm³/mol. The summed E-state index contributed by atoms with van der Waals surface area (Å²) in [7, 11) is 0. The maximum atomic E-state index is 10.9. The lowest BCUT2D eigenvalue weighted by molar-refractivity contribution is 0.0697. The van der Waals surface area contributed by atoms with Gasteiger partial charge in [0.25, 0.3) is 0 Å². The van der Waals surface area contributed by atoms with Crippen molar-refractivity contribution in [1.29, 1.82) is 0 Å². The normalized spacial score (nSPS) is 12.4. The highest BCUT2D eigenvalue weighted by atomic mass is 16.4. The average molecular weight is 233 g/mol. The molecule has 17 heavy (non-hydrogen) atoms. The number of nitrogens with two attached hydrogens (primary N) is 1. The van der Waals surface area contributed by atoms with E-state index in [2.05, 4.69) is 15.5 Å². The van der Waals surface area contributed by atoms with E-state index in [1.165, 1.54) is 16.8 Å². The summed E-state index contributed by atoms with van der Waals surface area (Å²) in [6, 6.07) is 6.00. The minimum absolute atomic E-state index is 0.175. The molecule has 1 aromatic heterocycles. The lowest BCUT2D eigenvalue weighted by Crippen LogP contribution is -2.13. The first kappa shape index (κ1) is 11.2. The summed E-state index contributed by atoms with van der Waals surface area (Å²) < 4.78 is 1.43. The topological polar surface area (TPSA) is 107 Å². The maximum Gasteiger partial charge on any atom is 0.335 e. The molecule has 0 aliphatic rings. The van der Waals surface area contributed by atoms with Gasteiger partial charge in [-0.3, -0.25) is 0 Å². The second kappa shape index (κ2) is 4.30. The molecule has 0 radical (unpaired) electrons. The standard InChI is InChI=1S/C10H11N5O2/c1-6(11)9-12-13-14-15(9)8-4-2-3-7(5-8)10(16)17/h2-6H,11H2,1H3,(H,16,17). The molecule has 2 aromatic rings. The Bertz CT molecular complexity index is 549. The molecule has 3 N–H and O–H groups in total. The quantitative estimate of drug-likeness (QED) is 0.793. The van der Waals surface area contributed by atoms with Crippen molar-refractivity contribution in [1.82, 2.24) is 20.2 Å². The van der Waals surface area contributed by atoms with E-state index in [0.29, 0.717) is 11.5 Å². The van der Waals surface area contributed by atoms with Crippen molar-refractivity contribution in [2.45, 2.75) is 13.0 Å². The molecular weight excluding hydrogens is 222 g/mol. The zero-order chi connectivity index (χ0) is 12.4. The van der Waals surface area contributed by atoms with Gasteiger partial charge in [-0.05, 0) is 35.5 Å². The van der Waals surface area contributed by atoms with E-state index in [1.807, 2.05) is 0 Å². The minimum atomic E-state index is -0.998. The zero-order valence-electron chi connectivity index (χ0n) is 9.11. The number of nitrogens with zero attached hydrogens (tertiary/aromatic N) is 4. The van der Waals surface area contributed by atoms with Crippen LogP contribution in [0.1, 0.15) is 29.1 Å². The van der Waals surface area contributed by atoms with Crippen molar-refractivity contribution in [2.24, 2.45) is 5.73 Å². The summed E-state index contributed by atoms with van der Waals surface area (Å²) in [4.78, 5) is 10.9. The Hall–Kier alpha value is -2.28. The number of aromatic nitrogens is 4. The third kappa shape index (κ3) is 2.13. The van der Waals surface area contributed by atoms with Crippen LogP contribution in [0.5, 0.6) is 0 Å². The van der Waals surface area contributed by atoms with Crippen molar-refractivity contribution in [3.63, 3.8) is 0 Å². The molecular formula is C10H11N5O2. The van der Waals surface area contributed by atoms with E-state index >= 15 is 0 Å². The van der Waals surface area contributed by atoms with Gasteiger partial charge >= 0.3 is 5.97 Å². The van der Waals surface area contributed by atoms with E-state index < -0.39 is 5.97 Å². The number of hydrogen-bond donors (Lipinski definition) is 2. The highest BCUT2D eigenvalue weighted by Crippen LogP contribution is 2.13. The van der Waals surface area contributed by atoms with Crippen molar-refractivity contribution in [3.05, 3.63) is 35.7 Å². The third-order valence-electron chi connectivity index (χ3n) is 2.24. The van der Waals surface area contributed by atoms with Gasteiger partial charge in [0.1, 0.15) is 0 Å². The molecule has 0 aliphatic carbocycles. The minimum Gasteiger partial charge on any atom is -0.478 e. The number of hydrogen-bond acceptors (Lipinski definition) is 5. The van der Waals surface area contributed by atoms with Crippen molar-refractivity contribution < 1.29 is 9.90 Å². The molecule has 2 rings (SSSR count). The largest absolute Gasteiger partial charge is 0.478 e. The number of carboxylic acids is 1. The van der Waals surface area contributed by atoms with E-state index in [-0.39, 0.29) is 11.6 Å². The van der Waals surface area contributed by atoms with E-state index in [1.54, 1.807) is 19.1 Å². The Kier molecular flexibility index (Phi) is 2.84. The van der Waals surface area contributed by atoms with Crippen molar-refractivity contribution >= 4 is 5.97 Å². The van der Waals surface area contributed by atoms with Crippen LogP contribution in [-0.2, 0) is 0 Å². The molecule has 1 atom stereocenters. The van der Waals surface area contributed by atoms with Crippen LogP contribution in [0.15, 0.2) is 24.3 Å². The van der Waals surface area contributed by atoms with Crippen LogP contribution >= 0.6 is 0 Å². The number of carboxylic acid groups (broad SMARTS) is 1. The second-order valence-electron chi connectivity index (χ2n) is 3.59. The smallest absolute Gasteiger partial charge is 0.335 e. The van der Waals surface area contributed by atoms with Crippen molar-refractivity contribution in [2.75, 3.05) is 0 Å². The summed E-state index contributed by atoms with van der Waals surface area (Å²) >= 11 is 0. The van der Waals surface area contributed by atoms with Crippen LogP contribution in [0.2, 0.25) is 0 Å². The van der Waals surface area contributed by atoms with Crippen LogP contribution in [0, 0.1) is 0 Å². The first-order valence-electron chi connectivity index (χ1n) is 4.97. The lowest BCUT2D eigenvalue weighted by atomic mass is 10.2. The van der Waals surface area contributed by atoms with Gasteiger partial charge in [0.2, 0.25) is 0 Å². The molecule has 0 aliphatic heterocycles. The fraction of sp³-hybridized carbons (Fsp3) is 0.200. The number of tetrazole rings is 1. The molecule has 0 spiro atoms. The Balaban J connectivity index is 2.49. The highest BCUT2D eigenvalue weighted by Gasteiger charge is 2.13. The van der Waals surface area contributed by atoms with Crippen LogP contribution in [0.25, 0.3) is 5.69 Å². The SMILES string of the molecule is CC(N)c1nnnn1-c1cccc(C(=O)O)c1. The van der Waals surface area contributed by atoms with Crippen LogP contribution in [-0.4, -0.2) is 31.3 Å². The first-order valence-corrected chi connectivity index (χ1v) is 4.97. The number of rotatable bonds is 3. The Morgan fingerprint density at radius 3 is 2.94 bits per heavy atom. The summed E-state index contributed by atoms with van der Waals surface area (Å²) in [6.45, 7) is 1.75. The van der Waals surface area contributed by atoms with Crippen LogP contribution < -0.4 is 5.73 Å². The number of carbonyl (C=O) groups is 1. The maximum absolute atomic E-state index is 10.9. The van der Waals surface area contributed by atoms with Gasteiger partial charge in [0.05, 0.1) is 17.3 Å². The second-order valence-corrected chi connectivity index (χ2v) is 3.59. The Morgan fingerprint density at radius 2 is 2.29 bits per heavy atom. The van der Waals surface area contributed by atoms with Gasteiger partial charge in [0.15, 0.2) is 5.82 Å². The van der Waals surface area contributed by atoms with E-state index in [4.69, 9.17) is 10.8 Å². The molecule has 7 nitrogen and oxygen atoms in total. The summed E-state index contributed by atoms with van der Waals surface area (Å²) in [5.74, 6) is -0.519. The molecule has 0 saturated carbocycles. The van der Waals surface area contributed by atoms with E-state index in [0.717, 1.165) is 0 Å². The molecule has 1 aromatic carbocycles. The van der Waals surface area contributed by atoms with Gasteiger partial charge in [-0.2, -0.15) is 4.68 Å². The molecule has 1 unspecified atom stereocenters. The lowest BCUT2D eigenvalue weighted by Gasteiger charge is -2.07. The fourth-order valence-electron chi connectivity index (χ4n) is 1.43. The molecule has 88 valence electrons. The molecule has 0 amide bonds. The van der Waals surface area contributed by atoms with Gasteiger partial charge < -0.3 is 10.8 Å². The summed E-state index contributed by atoms with van der Waals surface area (Å²) in [6.07, 6.45) is 0. The van der Waals surface area contributed by atoms with Gasteiger partial charge in [-0.15, -0.1) is 5.10 Å². The summed E-state index contributed by atoms with van der Waals surface area (Å²) in [5.41, 5.74) is 6.46. The molecule has 0 saturated heterocycles. The zero-order valence-corrected chi connectivity index (χ0v) is 9.11. The van der Waals surface area contributed by atoms with Crippen LogP contribution in [0.4, 0.5) is 0 Å². The molecule has 0 bridgehead atoms. The number of aromatic carboxylic acids is 1. The number of benzene rings is 1. The van der Waals surface area contributed by atoms with Gasteiger partial charge in [-0.25, -0.2) is 4.79 Å². The highest BCUT2D eigenvalue weighted by molar-refractivity contribution is 5.88. The van der Waals surface area contributed by atoms with Crippen molar-refractivity contribution in [3.8, 4) is 5.69 Å². The van der Waals surface area contributed by atoms with Gasteiger partial charge in [-0.1, -0.05) is 6.07 Å². The Labute approximate surface area is 96.9 Å². The average Bonchev–Trinajstić information content (AvgIpc) is 2.78. The molecule has 0 fully saturated rings. The fourth-order valence-corrected chi connectivity index (χ4v) is 1.43. The predicted octanol–water partition coefficient (Wildman–Crippen LogP) is 0.380. The first-order chi connectivity index (χ1) is 8.09. The van der Waals surface area contributed by atoms with Crippen LogP contribution in [0.3, 0.4) is 0 Å².